The molecule has 2 aromatic carbocycles. The molecule has 2 amide bonds. The zero-order chi connectivity index (χ0) is 24.2. The van der Waals surface area contributed by atoms with Crippen molar-refractivity contribution < 1.29 is 27.5 Å². The normalized spacial score (nSPS) is 11.0. The standard InChI is InChI=1S/C23H23N3O6S/c1-16-9-11-18(12-10-16)26(3)33(30,31)19-7-4-6-17(14-19)23(29)32-15-21(27)24-22(28)20-8-5-13-25(20)2/h4-14H,15H2,1-3H3,(H,24,27,28). The number of hydrogen-bond donors (Lipinski definition) is 1. The van der Waals surface area contributed by atoms with Gasteiger partial charge in [-0.2, -0.15) is 0 Å². The molecule has 3 rings (SSSR count). The van der Waals surface area contributed by atoms with Gasteiger partial charge in [0.15, 0.2) is 6.61 Å². The maximum atomic E-state index is 13.0. The first-order chi connectivity index (χ1) is 15.6. The highest BCUT2D eigenvalue weighted by molar-refractivity contribution is 7.92. The lowest BCUT2D eigenvalue weighted by Crippen LogP contribution is -2.35. The fraction of sp³-hybridized carbons (Fsp3) is 0.174. The van der Waals surface area contributed by atoms with Crippen LogP contribution in [0.25, 0.3) is 0 Å². The maximum Gasteiger partial charge on any atom is 0.338 e. The number of benzene rings is 2. The predicted molar refractivity (Wildman–Crippen MR) is 121 cm³/mol. The number of anilines is 1. The van der Waals surface area contributed by atoms with Gasteiger partial charge < -0.3 is 9.30 Å². The molecule has 0 aliphatic rings. The lowest BCUT2D eigenvalue weighted by Gasteiger charge is -2.20. The number of aromatic nitrogens is 1. The molecule has 0 bridgehead atoms. The van der Waals surface area contributed by atoms with Crippen molar-refractivity contribution in [2.45, 2.75) is 11.8 Å². The molecule has 0 saturated carbocycles. The summed E-state index contributed by atoms with van der Waals surface area (Å²) in [4.78, 5) is 36.3. The molecule has 9 nitrogen and oxygen atoms in total. The number of rotatable bonds is 7. The Morgan fingerprint density at radius 1 is 1.03 bits per heavy atom. The van der Waals surface area contributed by atoms with Crippen LogP contribution in [-0.4, -0.2) is 44.4 Å². The average Bonchev–Trinajstić information content (AvgIpc) is 3.23. The Labute approximate surface area is 191 Å². The van der Waals surface area contributed by atoms with Crippen LogP contribution in [0, 0.1) is 6.92 Å². The molecule has 0 spiro atoms. The van der Waals surface area contributed by atoms with E-state index in [1.165, 1.54) is 41.9 Å². The third-order valence-corrected chi connectivity index (χ3v) is 6.67. The first kappa shape index (κ1) is 23.7. The molecule has 0 saturated heterocycles. The molecule has 0 aliphatic heterocycles. The van der Waals surface area contributed by atoms with E-state index in [1.807, 2.05) is 6.92 Å². The van der Waals surface area contributed by atoms with Crippen molar-refractivity contribution in [3.8, 4) is 0 Å². The van der Waals surface area contributed by atoms with E-state index in [2.05, 4.69) is 5.32 Å². The first-order valence-corrected chi connectivity index (χ1v) is 11.3. The van der Waals surface area contributed by atoms with Gasteiger partial charge in [-0.15, -0.1) is 0 Å². The van der Waals surface area contributed by atoms with Crippen molar-refractivity contribution in [1.82, 2.24) is 9.88 Å². The fourth-order valence-corrected chi connectivity index (χ4v) is 4.22. The van der Waals surface area contributed by atoms with Crippen LogP contribution in [0.2, 0.25) is 0 Å². The number of hydrogen-bond acceptors (Lipinski definition) is 6. The molecule has 0 atom stereocenters. The second-order valence-corrected chi connectivity index (χ2v) is 9.26. The fourth-order valence-electron chi connectivity index (χ4n) is 2.97. The minimum absolute atomic E-state index is 0.0463. The summed E-state index contributed by atoms with van der Waals surface area (Å²) in [5.74, 6) is -2.33. The molecule has 0 unspecified atom stereocenters. The number of imide groups is 1. The van der Waals surface area contributed by atoms with E-state index in [-0.39, 0.29) is 16.2 Å². The topological polar surface area (TPSA) is 115 Å². The molecule has 0 fully saturated rings. The Balaban J connectivity index is 1.66. The van der Waals surface area contributed by atoms with Crippen LogP contribution >= 0.6 is 0 Å². The molecule has 0 radical (unpaired) electrons. The summed E-state index contributed by atoms with van der Waals surface area (Å²) in [6, 6.07) is 15.5. The maximum absolute atomic E-state index is 13.0. The smallest absolute Gasteiger partial charge is 0.338 e. The summed E-state index contributed by atoms with van der Waals surface area (Å²) in [6.45, 7) is 1.19. The van der Waals surface area contributed by atoms with Crippen LogP contribution in [0.15, 0.2) is 71.8 Å². The van der Waals surface area contributed by atoms with E-state index in [9.17, 15) is 22.8 Å². The summed E-state index contributed by atoms with van der Waals surface area (Å²) in [5.41, 5.74) is 1.68. The summed E-state index contributed by atoms with van der Waals surface area (Å²) < 4.78 is 33.6. The van der Waals surface area contributed by atoms with Gasteiger partial charge in [0.1, 0.15) is 5.69 Å². The van der Waals surface area contributed by atoms with Crippen molar-refractivity contribution in [2.75, 3.05) is 18.0 Å². The zero-order valence-corrected chi connectivity index (χ0v) is 19.1. The Kier molecular flexibility index (Phi) is 6.98. The van der Waals surface area contributed by atoms with Gasteiger partial charge in [0.05, 0.1) is 16.1 Å². The van der Waals surface area contributed by atoms with Crippen LogP contribution in [0.5, 0.6) is 0 Å². The zero-order valence-electron chi connectivity index (χ0n) is 18.3. The lowest BCUT2D eigenvalue weighted by molar-refractivity contribution is -0.123. The van der Waals surface area contributed by atoms with Crippen molar-refractivity contribution in [3.63, 3.8) is 0 Å². The largest absolute Gasteiger partial charge is 0.452 e. The minimum Gasteiger partial charge on any atom is -0.452 e. The van der Waals surface area contributed by atoms with Crippen molar-refractivity contribution in [2.24, 2.45) is 7.05 Å². The van der Waals surface area contributed by atoms with Gasteiger partial charge in [0.25, 0.3) is 21.8 Å². The van der Waals surface area contributed by atoms with E-state index in [0.717, 1.165) is 9.87 Å². The van der Waals surface area contributed by atoms with Crippen molar-refractivity contribution in [3.05, 3.63) is 83.7 Å². The molecular formula is C23H23N3O6S. The number of carbonyl (C=O) groups is 3. The minimum atomic E-state index is -3.94. The highest BCUT2D eigenvalue weighted by Gasteiger charge is 2.23. The van der Waals surface area contributed by atoms with Crippen LogP contribution in [0.1, 0.15) is 26.4 Å². The summed E-state index contributed by atoms with van der Waals surface area (Å²) in [6.07, 6.45) is 1.65. The van der Waals surface area contributed by atoms with Gasteiger partial charge >= 0.3 is 5.97 Å². The Hall–Kier alpha value is -3.92. The van der Waals surface area contributed by atoms with E-state index >= 15 is 0 Å². The number of carbonyl (C=O) groups excluding carboxylic acids is 3. The van der Waals surface area contributed by atoms with Crippen LogP contribution < -0.4 is 9.62 Å². The summed E-state index contributed by atoms with van der Waals surface area (Å²) in [5, 5.41) is 2.12. The number of esters is 1. The van der Waals surface area contributed by atoms with Crippen LogP contribution in [-0.2, 0) is 26.6 Å². The Bertz CT molecular complexity index is 1300. The number of nitrogens with zero attached hydrogens (tertiary/aromatic N) is 2. The highest BCUT2D eigenvalue weighted by atomic mass is 32.2. The van der Waals surface area contributed by atoms with E-state index in [4.69, 9.17) is 4.74 Å². The Morgan fingerprint density at radius 3 is 2.36 bits per heavy atom. The van der Waals surface area contributed by atoms with Gasteiger partial charge in [-0.1, -0.05) is 23.8 Å². The van der Waals surface area contributed by atoms with Gasteiger partial charge in [-0.25, -0.2) is 13.2 Å². The molecule has 1 aromatic heterocycles. The van der Waals surface area contributed by atoms with E-state index in [0.29, 0.717) is 5.69 Å². The van der Waals surface area contributed by atoms with Gasteiger partial charge in [0.2, 0.25) is 0 Å². The highest BCUT2D eigenvalue weighted by Crippen LogP contribution is 2.23. The number of nitrogens with one attached hydrogen (secondary N) is 1. The average molecular weight is 470 g/mol. The van der Waals surface area contributed by atoms with Crippen LogP contribution in [0.3, 0.4) is 0 Å². The number of aryl methyl sites for hydroxylation is 2. The third kappa shape index (κ3) is 5.47. The van der Waals surface area contributed by atoms with Crippen molar-refractivity contribution >= 4 is 33.5 Å². The molecule has 1 N–H and O–H groups in total. The van der Waals surface area contributed by atoms with E-state index in [1.54, 1.807) is 43.6 Å². The second-order valence-electron chi connectivity index (χ2n) is 7.29. The number of sulfonamides is 1. The second kappa shape index (κ2) is 9.70. The molecule has 0 aliphatic carbocycles. The van der Waals surface area contributed by atoms with Gasteiger partial charge in [0, 0.05) is 20.3 Å². The third-order valence-electron chi connectivity index (χ3n) is 4.89. The SMILES string of the molecule is Cc1ccc(N(C)S(=O)(=O)c2cccc(C(=O)OCC(=O)NC(=O)c3cccn3C)c2)cc1. The van der Waals surface area contributed by atoms with Gasteiger partial charge in [-0.05, 0) is 49.4 Å². The number of ether oxygens (including phenoxy) is 1. The van der Waals surface area contributed by atoms with Crippen LogP contribution in [0.4, 0.5) is 5.69 Å². The predicted octanol–water partition coefficient (Wildman–Crippen LogP) is 2.27. The molecule has 3 aromatic rings. The van der Waals surface area contributed by atoms with Crippen molar-refractivity contribution in [1.29, 1.82) is 0 Å². The Morgan fingerprint density at radius 2 is 1.73 bits per heavy atom. The molecule has 10 heteroatoms. The quantitative estimate of drug-likeness (QED) is 0.531. The molecule has 1 heterocycles. The van der Waals surface area contributed by atoms with Gasteiger partial charge in [-0.3, -0.25) is 19.2 Å². The number of amides is 2. The molecule has 172 valence electrons. The summed E-state index contributed by atoms with van der Waals surface area (Å²) in [7, 11) is -0.873. The van der Waals surface area contributed by atoms with E-state index < -0.39 is 34.4 Å². The lowest BCUT2D eigenvalue weighted by atomic mass is 10.2. The first-order valence-electron chi connectivity index (χ1n) is 9.88. The monoisotopic (exact) mass is 469 g/mol. The molecular weight excluding hydrogens is 446 g/mol. The molecule has 33 heavy (non-hydrogen) atoms. The summed E-state index contributed by atoms with van der Waals surface area (Å²) >= 11 is 0.